The highest BCUT2D eigenvalue weighted by molar-refractivity contribution is 5.16. The van der Waals surface area contributed by atoms with Gasteiger partial charge in [0.05, 0.1) is 6.10 Å². The van der Waals surface area contributed by atoms with E-state index >= 15 is 0 Å². The highest BCUT2D eigenvalue weighted by Gasteiger charge is 2.29. The molecular formula is C20H36O. The Morgan fingerprint density at radius 2 is 1.81 bits per heavy atom. The SMILES string of the molecule is CCC1CCC(CCCCC(O)CC2CC2)C1=CC(C)C. The molecule has 2 rings (SSSR count). The third-order valence-electron chi connectivity index (χ3n) is 5.47. The maximum Gasteiger partial charge on any atom is 0.0542 e. The summed E-state index contributed by atoms with van der Waals surface area (Å²) in [4.78, 5) is 0. The normalized spacial score (nSPS) is 29.5. The van der Waals surface area contributed by atoms with E-state index < -0.39 is 0 Å². The van der Waals surface area contributed by atoms with Crippen LogP contribution in [0.4, 0.5) is 0 Å². The van der Waals surface area contributed by atoms with Gasteiger partial charge in [0, 0.05) is 0 Å². The van der Waals surface area contributed by atoms with Crippen LogP contribution >= 0.6 is 0 Å². The van der Waals surface area contributed by atoms with Crippen molar-refractivity contribution in [1.82, 2.24) is 0 Å². The van der Waals surface area contributed by atoms with Crippen LogP contribution in [0.5, 0.6) is 0 Å². The van der Waals surface area contributed by atoms with Gasteiger partial charge in [-0.25, -0.2) is 0 Å². The van der Waals surface area contributed by atoms with Gasteiger partial charge >= 0.3 is 0 Å². The lowest BCUT2D eigenvalue weighted by molar-refractivity contribution is 0.144. The molecule has 0 bridgehead atoms. The molecule has 0 heterocycles. The van der Waals surface area contributed by atoms with Crippen molar-refractivity contribution in [1.29, 1.82) is 0 Å². The fourth-order valence-electron chi connectivity index (χ4n) is 4.10. The Bertz CT molecular complexity index is 327. The van der Waals surface area contributed by atoms with Crippen molar-refractivity contribution < 1.29 is 5.11 Å². The Kier molecular flexibility index (Phi) is 6.79. The van der Waals surface area contributed by atoms with Crippen LogP contribution in [0, 0.1) is 23.7 Å². The third kappa shape index (κ3) is 5.77. The lowest BCUT2D eigenvalue weighted by Crippen LogP contribution is -2.08. The van der Waals surface area contributed by atoms with Crippen LogP contribution in [0.15, 0.2) is 11.6 Å². The van der Waals surface area contributed by atoms with E-state index in [1.165, 1.54) is 51.4 Å². The van der Waals surface area contributed by atoms with E-state index in [1.54, 1.807) is 5.57 Å². The van der Waals surface area contributed by atoms with Gasteiger partial charge in [0.25, 0.3) is 0 Å². The second-order valence-corrected chi connectivity index (χ2v) is 7.91. The lowest BCUT2D eigenvalue weighted by atomic mass is 9.88. The fraction of sp³-hybridized carbons (Fsp3) is 0.900. The Labute approximate surface area is 132 Å². The maximum atomic E-state index is 9.99. The van der Waals surface area contributed by atoms with Crippen molar-refractivity contribution >= 4 is 0 Å². The molecule has 2 aliphatic rings. The number of allylic oxidation sites excluding steroid dienone is 2. The first-order valence-corrected chi connectivity index (χ1v) is 9.49. The van der Waals surface area contributed by atoms with E-state index in [0.29, 0.717) is 5.92 Å². The first-order chi connectivity index (χ1) is 10.1. The summed E-state index contributed by atoms with van der Waals surface area (Å²) in [5, 5.41) is 9.99. The van der Waals surface area contributed by atoms with Gasteiger partial charge in [0.1, 0.15) is 0 Å². The zero-order valence-corrected chi connectivity index (χ0v) is 14.5. The summed E-state index contributed by atoms with van der Waals surface area (Å²) in [6, 6.07) is 0. The van der Waals surface area contributed by atoms with Crippen LogP contribution in [0.25, 0.3) is 0 Å². The van der Waals surface area contributed by atoms with Gasteiger partial charge in [-0.3, -0.25) is 0 Å². The summed E-state index contributed by atoms with van der Waals surface area (Å²) < 4.78 is 0. The van der Waals surface area contributed by atoms with Gasteiger partial charge in [-0.1, -0.05) is 58.1 Å². The highest BCUT2D eigenvalue weighted by Crippen LogP contribution is 2.42. The van der Waals surface area contributed by atoms with E-state index in [-0.39, 0.29) is 6.10 Å². The zero-order valence-electron chi connectivity index (χ0n) is 14.5. The summed E-state index contributed by atoms with van der Waals surface area (Å²) in [6.07, 6.45) is 15.4. The zero-order chi connectivity index (χ0) is 15.2. The van der Waals surface area contributed by atoms with Gasteiger partial charge in [-0.05, 0) is 62.2 Å². The second kappa shape index (κ2) is 8.36. The Balaban J connectivity index is 1.68. The predicted octanol–water partition coefficient (Wildman–Crippen LogP) is 5.73. The largest absolute Gasteiger partial charge is 0.393 e. The predicted molar refractivity (Wildman–Crippen MR) is 91.2 cm³/mol. The van der Waals surface area contributed by atoms with Gasteiger partial charge in [0.15, 0.2) is 0 Å². The number of rotatable bonds is 9. The quantitative estimate of drug-likeness (QED) is 0.425. The van der Waals surface area contributed by atoms with Crippen molar-refractivity contribution in [2.45, 2.75) is 91.1 Å². The van der Waals surface area contributed by atoms with E-state index in [4.69, 9.17) is 0 Å². The molecule has 122 valence electrons. The number of hydrogen-bond acceptors (Lipinski definition) is 1. The van der Waals surface area contributed by atoms with Crippen LogP contribution in [0.2, 0.25) is 0 Å². The van der Waals surface area contributed by atoms with Crippen LogP contribution in [-0.2, 0) is 0 Å². The van der Waals surface area contributed by atoms with Crippen molar-refractivity contribution in [2.24, 2.45) is 23.7 Å². The van der Waals surface area contributed by atoms with Gasteiger partial charge in [-0.2, -0.15) is 0 Å². The van der Waals surface area contributed by atoms with Gasteiger partial charge < -0.3 is 5.11 Å². The molecule has 1 N–H and O–H groups in total. The molecule has 1 heteroatoms. The Hall–Kier alpha value is -0.300. The molecule has 3 atom stereocenters. The van der Waals surface area contributed by atoms with Crippen molar-refractivity contribution in [3.63, 3.8) is 0 Å². The van der Waals surface area contributed by atoms with E-state index in [9.17, 15) is 5.11 Å². The van der Waals surface area contributed by atoms with Crippen molar-refractivity contribution in [2.75, 3.05) is 0 Å². The van der Waals surface area contributed by atoms with E-state index in [0.717, 1.165) is 30.6 Å². The summed E-state index contributed by atoms with van der Waals surface area (Å²) in [7, 11) is 0. The Morgan fingerprint density at radius 3 is 2.43 bits per heavy atom. The monoisotopic (exact) mass is 292 g/mol. The first-order valence-electron chi connectivity index (χ1n) is 9.49. The molecule has 0 saturated heterocycles. The molecule has 2 saturated carbocycles. The second-order valence-electron chi connectivity index (χ2n) is 7.91. The standard InChI is InChI=1S/C20H36O/c1-4-17-11-12-18(20(17)13-15(2)3)7-5-6-8-19(21)14-16-9-10-16/h13,15-19,21H,4-12,14H2,1-3H3. The summed E-state index contributed by atoms with van der Waals surface area (Å²) in [5.74, 6) is 3.26. The molecule has 2 fully saturated rings. The van der Waals surface area contributed by atoms with Crippen LogP contribution < -0.4 is 0 Å². The molecule has 2 aliphatic carbocycles. The van der Waals surface area contributed by atoms with Crippen molar-refractivity contribution in [3.8, 4) is 0 Å². The molecule has 1 nitrogen and oxygen atoms in total. The minimum absolute atomic E-state index is 0.0184. The lowest BCUT2D eigenvalue weighted by Gasteiger charge is -2.18. The molecule has 0 aromatic carbocycles. The van der Waals surface area contributed by atoms with Gasteiger partial charge in [-0.15, -0.1) is 0 Å². The van der Waals surface area contributed by atoms with E-state index in [2.05, 4.69) is 26.8 Å². The number of aliphatic hydroxyl groups excluding tert-OH is 1. The number of unbranched alkanes of at least 4 members (excludes halogenated alkanes) is 1. The Morgan fingerprint density at radius 1 is 1.10 bits per heavy atom. The molecule has 3 unspecified atom stereocenters. The van der Waals surface area contributed by atoms with Gasteiger partial charge in [0.2, 0.25) is 0 Å². The average molecular weight is 293 g/mol. The first kappa shape index (κ1) is 17.1. The summed E-state index contributed by atoms with van der Waals surface area (Å²) >= 11 is 0. The molecule has 0 aliphatic heterocycles. The van der Waals surface area contributed by atoms with Crippen LogP contribution in [0.3, 0.4) is 0 Å². The van der Waals surface area contributed by atoms with Crippen molar-refractivity contribution in [3.05, 3.63) is 11.6 Å². The molecule has 0 aromatic rings. The minimum Gasteiger partial charge on any atom is -0.393 e. The fourth-order valence-corrected chi connectivity index (χ4v) is 4.10. The van der Waals surface area contributed by atoms with Crippen LogP contribution in [0.1, 0.15) is 85.0 Å². The molecule has 21 heavy (non-hydrogen) atoms. The third-order valence-corrected chi connectivity index (χ3v) is 5.47. The summed E-state index contributed by atoms with van der Waals surface area (Å²) in [6.45, 7) is 6.96. The summed E-state index contributed by atoms with van der Waals surface area (Å²) in [5.41, 5.74) is 1.77. The molecule has 0 spiro atoms. The van der Waals surface area contributed by atoms with Crippen LogP contribution in [-0.4, -0.2) is 11.2 Å². The molecule has 0 radical (unpaired) electrons. The molecule has 0 amide bonds. The minimum atomic E-state index is -0.0184. The molecule has 0 aromatic heterocycles. The average Bonchev–Trinajstić information content (AvgIpc) is 3.16. The smallest absolute Gasteiger partial charge is 0.0542 e. The number of hydrogen-bond donors (Lipinski definition) is 1. The molecular weight excluding hydrogens is 256 g/mol. The number of aliphatic hydroxyl groups is 1. The topological polar surface area (TPSA) is 20.2 Å². The highest BCUT2D eigenvalue weighted by atomic mass is 16.3. The maximum absolute atomic E-state index is 9.99. The van der Waals surface area contributed by atoms with E-state index in [1.807, 2.05) is 0 Å².